The Morgan fingerprint density at radius 3 is 1.67 bits per heavy atom. The number of hydrogen-bond acceptors (Lipinski definition) is 4. The molecule has 0 saturated heterocycles. The first-order chi connectivity index (χ1) is 6.77. The van der Waals surface area contributed by atoms with E-state index in [1.54, 1.807) is 0 Å². The Hall–Kier alpha value is -1.20. The van der Waals surface area contributed by atoms with Gasteiger partial charge in [-0.05, 0) is 9.13 Å². The smallest absolute Gasteiger partial charge is 0.478 e. The maximum Gasteiger partial charge on any atom is 0.570 e. The summed E-state index contributed by atoms with van der Waals surface area (Å²) in [6.45, 7) is 0. The maximum absolute atomic E-state index is 10.6. The lowest BCUT2D eigenvalue weighted by Crippen LogP contribution is -2.13. The minimum absolute atomic E-state index is 0.111. The zero-order valence-corrected chi connectivity index (χ0v) is 8.76. The molecule has 0 aromatic rings. The highest BCUT2D eigenvalue weighted by atomic mass is 31.2. The molecule has 0 bridgehead atoms. The van der Waals surface area contributed by atoms with Gasteiger partial charge in [0, 0.05) is 6.08 Å². The van der Waals surface area contributed by atoms with Gasteiger partial charge < -0.3 is 10.2 Å². The number of rotatable bonds is 5. The van der Waals surface area contributed by atoms with E-state index in [4.69, 9.17) is 20.0 Å². The lowest BCUT2D eigenvalue weighted by molar-refractivity contribution is -0.135. The zero-order valence-electron chi connectivity index (χ0n) is 6.97. The third-order valence-corrected chi connectivity index (χ3v) is 3.80. The number of carboxylic acid groups (broad SMARTS) is 2. The van der Waals surface area contributed by atoms with Gasteiger partial charge >= 0.3 is 33.4 Å². The van der Waals surface area contributed by atoms with Crippen molar-refractivity contribution >= 4 is 28.0 Å². The molecule has 15 heavy (non-hydrogen) atoms. The largest absolute Gasteiger partial charge is 0.570 e. The van der Waals surface area contributed by atoms with E-state index in [-0.39, 0.29) is 6.08 Å². The van der Waals surface area contributed by atoms with Gasteiger partial charge in [0.2, 0.25) is 0 Å². The lowest BCUT2D eigenvalue weighted by Gasteiger charge is -1.92. The van der Waals surface area contributed by atoms with Gasteiger partial charge in [-0.2, -0.15) is 9.79 Å². The first kappa shape index (κ1) is 13.8. The highest BCUT2D eigenvalue weighted by Crippen LogP contribution is 2.44. The molecule has 0 aromatic heterocycles. The molecule has 4 N–H and O–H groups in total. The summed E-state index contributed by atoms with van der Waals surface area (Å²) in [5.41, 5.74) is -1.09. The van der Waals surface area contributed by atoms with Gasteiger partial charge in [-0.15, -0.1) is 0 Å². The molecular formula is C5H6O8P2+2. The Morgan fingerprint density at radius 1 is 1.07 bits per heavy atom. The summed E-state index contributed by atoms with van der Waals surface area (Å²) < 4.78 is 21.2. The van der Waals surface area contributed by atoms with E-state index in [1.165, 1.54) is 0 Å². The maximum atomic E-state index is 10.6. The van der Waals surface area contributed by atoms with Crippen molar-refractivity contribution in [2.45, 2.75) is 5.40 Å². The second-order valence-electron chi connectivity index (χ2n) is 2.22. The van der Waals surface area contributed by atoms with Crippen LogP contribution in [0.3, 0.4) is 0 Å². The van der Waals surface area contributed by atoms with Crippen molar-refractivity contribution in [2.75, 3.05) is 0 Å². The fraction of sp³-hybridized carbons (Fsp3) is 0.200. The summed E-state index contributed by atoms with van der Waals surface area (Å²) in [6, 6.07) is 0. The van der Waals surface area contributed by atoms with E-state index in [1.807, 2.05) is 0 Å². The Balaban J connectivity index is 5.40. The Morgan fingerprint density at radius 2 is 1.47 bits per heavy atom. The van der Waals surface area contributed by atoms with Crippen LogP contribution in [0.1, 0.15) is 0 Å². The highest BCUT2D eigenvalue weighted by molar-refractivity contribution is 7.58. The van der Waals surface area contributed by atoms with E-state index in [2.05, 4.69) is 0 Å². The van der Waals surface area contributed by atoms with Crippen LogP contribution in [-0.4, -0.2) is 37.3 Å². The molecule has 0 fully saturated rings. The van der Waals surface area contributed by atoms with Gasteiger partial charge in [0.05, 0.1) is 0 Å². The Kier molecular flexibility index (Phi) is 5.18. The van der Waals surface area contributed by atoms with Gasteiger partial charge in [-0.1, -0.05) is 0 Å². The quantitative estimate of drug-likeness (QED) is 0.392. The van der Waals surface area contributed by atoms with Crippen molar-refractivity contribution in [2.24, 2.45) is 0 Å². The standard InChI is InChI=1S/C5H4O8P2/c6-3(7)1-2(4(8)9)5(14(10)11)15(12)13/h1,5H,(H2-2,6,7,8,9,10,11,12,13)/p+2. The number of carboxylic acids is 2. The van der Waals surface area contributed by atoms with Crippen molar-refractivity contribution in [3.8, 4) is 0 Å². The molecule has 0 saturated carbocycles. The van der Waals surface area contributed by atoms with E-state index in [9.17, 15) is 18.7 Å². The number of carbonyl (C=O) groups is 2. The molecule has 0 aliphatic rings. The van der Waals surface area contributed by atoms with Crippen molar-refractivity contribution in [1.82, 2.24) is 0 Å². The molecule has 2 atom stereocenters. The van der Waals surface area contributed by atoms with Crippen molar-refractivity contribution in [3.05, 3.63) is 11.6 Å². The summed E-state index contributed by atoms with van der Waals surface area (Å²) in [5, 5.41) is 14.6. The first-order valence-electron chi connectivity index (χ1n) is 3.25. The molecule has 10 heteroatoms. The molecule has 0 aliphatic carbocycles. The molecule has 0 spiro atoms. The monoisotopic (exact) mass is 256 g/mol. The average molecular weight is 256 g/mol. The Labute approximate surface area is 84.6 Å². The normalized spacial score (nSPS) is 15.5. The van der Waals surface area contributed by atoms with E-state index in [0.717, 1.165) is 0 Å². The summed E-state index contributed by atoms with van der Waals surface area (Å²) in [6.07, 6.45) is 0.111. The molecular weight excluding hydrogens is 250 g/mol. The number of aliphatic carboxylic acids is 2. The summed E-state index contributed by atoms with van der Waals surface area (Å²) in [4.78, 5) is 37.8. The topological polar surface area (TPSA) is 149 Å². The zero-order chi connectivity index (χ0) is 12.2. The second kappa shape index (κ2) is 5.63. The summed E-state index contributed by atoms with van der Waals surface area (Å²) >= 11 is 0. The van der Waals surface area contributed by atoms with Crippen LogP contribution < -0.4 is 0 Å². The molecule has 0 amide bonds. The van der Waals surface area contributed by atoms with Gasteiger partial charge in [0.1, 0.15) is 0 Å². The third kappa shape index (κ3) is 4.22. The minimum Gasteiger partial charge on any atom is -0.478 e. The van der Waals surface area contributed by atoms with Crippen LogP contribution >= 0.6 is 16.1 Å². The van der Waals surface area contributed by atoms with Gasteiger partial charge in [0.25, 0.3) is 0 Å². The summed E-state index contributed by atoms with van der Waals surface area (Å²) in [7, 11) is -6.60. The van der Waals surface area contributed by atoms with Gasteiger partial charge in [0.15, 0.2) is 5.57 Å². The third-order valence-electron chi connectivity index (χ3n) is 1.22. The predicted molar refractivity (Wildman–Crippen MR) is 46.8 cm³/mol. The van der Waals surface area contributed by atoms with Gasteiger partial charge in [-0.3, -0.25) is 0 Å². The molecule has 0 aliphatic heterocycles. The lowest BCUT2D eigenvalue weighted by atomic mass is 10.3. The highest BCUT2D eigenvalue weighted by Gasteiger charge is 2.53. The van der Waals surface area contributed by atoms with Crippen molar-refractivity contribution in [1.29, 1.82) is 0 Å². The molecule has 2 unspecified atom stereocenters. The molecule has 0 aromatic carbocycles. The Bertz CT molecular complexity index is 344. The van der Waals surface area contributed by atoms with E-state index < -0.39 is 39.0 Å². The van der Waals surface area contributed by atoms with Crippen molar-refractivity contribution < 1.29 is 38.7 Å². The molecule has 0 heterocycles. The first-order valence-corrected chi connectivity index (χ1v) is 5.82. The molecule has 8 nitrogen and oxygen atoms in total. The predicted octanol–water partition coefficient (Wildman–Crippen LogP) is -0.123. The minimum atomic E-state index is -3.30. The fourth-order valence-corrected chi connectivity index (χ4v) is 2.22. The van der Waals surface area contributed by atoms with Crippen LogP contribution in [0.4, 0.5) is 0 Å². The molecule has 82 valence electrons. The van der Waals surface area contributed by atoms with Crippen LogP contribution in [0, 0.1) is 0 Å². The fourth-order valence-electron chi connectivity index (χ4n) is 0.702. The molecule has 0 rings (SSSR count). The van der Waals surface area contributed by atoms with E-state index in [0.29, 0.717) is 0 Å². The van der Waals surface area contributed by atoms with E-state index >= 15 is 0 Å². The van der Waals surface area contributed by atoms with Crippen LogP contribution in [0.2, 0.25) is 0 Å². The second-order valence-corrected chi connectivity index (χ2v) is 4.87. The van der Waals surface area contributed by atoms with Crippen LogP contribution in [0.5, 0.6) is 0 Å². The number of hydrogen-bond donors (Lipinski definition) is 4. The summed E-state index contributed by atoms with van der Waals surface area (Å²) in [5.74, 6) is -3.52. The van der Waals surface area contributed by atoms with Crippen LogP contribution in [0.15, 0.2) is 11.6 Å². The SMILES string of the molecule is O=C(O)C=C(C(=O)O)C([P+](=O)O)[P+](=O)O. The van der Waals surface area contributed by atoms with Crippen LogP contribution in [0.25, 0.3) is 0 Å². The van der Waals surface area contributed by atoms with Crippen LogP contribution in [-0.2, 0) is 18.7 Å². The molecule has 0 radical (unpaired) electrons. The average Bonchev–Trinajstić information content (AvgIpc) is 2.00. The van der Waals surface area contributed by atoms with Gasteiger partial charge in [-0.25, -0.2) is 9.59 Å². The van der Waals surface area contributed by atoms with Crippen molar-refractivity contribution in [3.63, 3.8) is 0 Å².